The predicted octanol–water partition coefficient (Wildman–Crippen LogP) is 4.88. The summed E-state index contributed by atoms with van der Waals surface area (Å²) in [5.41, 5.74) is 0.721. The van der Waals surface area contributed by atoms with Gasteiger partial charge in [-0.3, -0.25) is 19.8 Å². The topological polar surface area (TPSA) is 84.8 Å². The molecule has 2 heterocycles. The molecule has 2 N–H and O–H groups in total. The zero-order valence-corrected chi connectivity index (χ0v) is 17.8. The van der Waals surface area contributed by atoms with Gasteiger partial charge in [-0.25, -0.2) is 4.98 Å². The highest BCUT2D eigenvalue weighted by molar-refractivity contribution is 7.71. The molecule has 1 aromatic carbocycles. The monoisotopic (exact) mass is 455 g/mol. The number of hydrogen-bond acceptors (Lipinski definition) is 6. The fraction of sp³-hybridized carbons (Fsp3) is 0.176. The van der Waals surface area contributed by atoms with Crippen molar-refractivity contribution in [1.29, 1.82) is 0 Å². The highest BCUT2D eigenvalue weighted by Gasteiger charge is 2.17. The number of hydrogen-bond donors (Lipinski definition) is 2. The number of H-pyrrole nitrogens is 1. The summed E-state index contributed by atoms with van der Waals surface area (Å²) in [6.07, 6.45) is 1.73. The first-order valence-corrected chi connectivity index (χ1v) is 9.98. The maximum atomic E-state index is 12.2. The van der Waals surface area contributed by atoms with Crippen LogP contribution < -0.4 is 10.1 Å². The van der Waals surface area contributed by atoms with E-state index in [0.29, 0.717) is 38.1 Å². The maximum absolute atomic E-state index is 12.2. The van der Waals surface area contributed by atoms with E-state index in [9.17, 15) is 4.79 Å². The smallest absolute Gasteiger partial charge is 0.264 e. The first-order chi connectivity index (χ1) is 13.4. The summed E-state index contributed by atoms with van der Waals surface area (Å²) in [5, 5.41) is 11.0. The van der Waals surface area contributed by atoms with Gasteiger partial charge in [0.25, 0.3) is 5.91 Å². The van der Waals surface area contributed by atoms with Crippen LogP contribution in [0.4, 0.5) is 5.13 Å². The normalized spacial score (nSPS) is 10.7. The van der Waals surface area contributed by atoms with Crippen LogP contribution in [0.15, 0.2) is 30.9 Å². The summed E-state index contributed by atoms with van der Waals surface area (Å²) in [4.78, 5) is 17.4. The molecule has 0 atom stereocenters. The van der Waals surface area contributed by atoms with Crippen molar-refractivity contribution in [2.45, 2.75) is 13.5 Å². The molecule has 0 saturated carbocycles. The Bertz CT molecular complexity index is 1090. The number of aryl methyl sites for hydroxylation is 1. The van der Waals surface area contributed by atoms with E-state index < -0.39 is 0 Å². The number of carbonyl (C=O) groups excluding carboxylic acids is 1. The minimum absolute atomic E-state index is 0.233. The minimum atomic E-state index is -0.374. The van der Waals surface area contributed by atoms with Crippen molar-refractivity contribution in [3.8, 4) is 16.5 Å². The van der Waals surface area contributed by atoms with Gasteiger partial charge in [0.2, 0.25) is 0 Å². The van der Waals surface area contributed by atoms with Crippen molar-refractivity contribution < 1.29 is 9.53 Å². The van der Waals surface area contributed by atoms with Gasteiger partial charge in [0.1, 0.15) is 5.75 Å². The van der Waals surface area contributed by atoms with E-state index in [4.69, 9.17) is 40.2 Å². The van der Waals surface area contributed by atoms with Gasteiger partial charge in [-0.05, 0) is 31.3 Å². The maximum Gasteiger partial charge on any atom is 0.264 e. The largest absolute Gasteiger partial charge is 0.482 e. The van der Waals surface area contributed by atoms with Crippen LogP contribution in [0.1, 0.15) is 5.69 Å². The van der Waals surface area contributed by atoms with Crippen molar-refractivity contribution >= 4 is 57.8 Å². The summed E-state index contributed by atoms with van der Waals surface area (Å²) < 4.78 is 7.72. The summed E-state index contributed by atoms with van der Waals surface area (Å²) in [7, 11) is 0. The number of benzene rings is 1. The van der Waals surface area contributed by atoms with Crippen LogP contribution in [0, 0.1) is 11.7 Å². The Labute approximate surface area is 180 Å². The van der Waals surface area contributed by atoms with E-state index in [2.05, 4.69) is 27.1 Å². The third-order valence-corrected chi connectivity index (χ3v) is 5.50. The van der Waals surface area contributed by atoms with Gasteiger partial charge in [-0.1, -0.05) is 40.6 Å². The number of carbonyl (C=O) groups is 1. The molecule has 0 unspecified atom stereocenters. The molecule has 0 aliphatic rings. The van der Waals surface area contributed by atoms with Crippen LogP contribution in [-0.4, -0.2) is 32.3 Å². The molecule has 3 aromatic rings. The average Bonchev–Trinajstić information content (AvgIpc) is 3.18. The molecule has 3 rings (SSSR count). The molecule has 0 fully saturated rings. The molecule has 0 aliphatic carbocycles. The Kier molecular flexibility index (Phi) is 6.50. The summed E-state index contributed by atoms with van der Waals surface area (Å²) in [6, 6.07) is 4.78. The molecule has 7 nitrogen and oxygen atoms in total. The number of halogens is 2. The third-order valence-electron chi connectivity index (χ3n) is 3.57. The van der Waals surface area contributed by atoms with E-state index in [0.717, 1.165) is 10.6 Å². The fourth-order valence-electron chi connectivity index (χ4n) is 2.33. The quantitative estimate of drug-likeness (QED) is 0.391. The van der Waals surface area contributed by atoms with Crippen molar-refractivity contribution in [1.82, 2.24) is 19.7 Å². The Morgan fingerprint density at radius 1 is 1.50 bits per heavy atom. The second-order valence-electron chi connectivity index (χ2n) is 5.60. The van der Waals surface area contributed by atoms with Gasteiger partial charge >= 0.3 is 0 Å². The average molecular weight is 456 g/mol. The van der Waals surface area contributed by atoms with Gasteiger partial charge in [-0.15, -0.1) is 6.58 Å². The van der Waals surface area contributed by atoms with Crippen LogP contribution in [0.25, 0.3) is 10.7 Å². The number of thiazole rings is 1. The molecule has 2 aromatic heterocycles. The van der Waals surface area contributed by atoms with E-state index in [1.165, 1.54) is 11.3 Å². The predicted molar refractivity (Wildman–Crippen MR) is 114 cm³/mol. The molecule has 1 amide bonds. The molecular weight excluding hydrogens is 441 g/mol. The van der Waals surface area contributed by atoms with E-state index in [-0.39, 0.29) is 12.5 Å². The van der Waals surface area contributed by atoms with Gasteiger partial charge in [-0.2, -0.15) is 5.10 Å². The van der Waals surface area contributed by atoms with E-state index in [1.807, 2.05) is 6.92 Å². The number of aromatic amines is 1. The second kappa shape index (κ2) is 8.87. The van der Waals surface area contributed by atoms with Crippen LogP contribution in [0.3, 0.4) is 0 Å². The first-order valence-electron chi connectivity index (χ1n) is 8.00. The summed E-state index contributed by atoms with van der Waals surface area (Å²) >= 11 is 18.5. The second-order valence-corrected chi connectivity index (χ2v) is 7.83. The molecule has 0 spiro atoms. The lowest BCUT2D eigenvalue weighted by molar-refractivity contribution is -0.118. The van der Waals surface area contributed by atoms with Crippen molar-refractivity contribution in [2.24, 2.45) is 0 Å². The number of nitrogens with one attached hydrogen (secondary N) is 2. The zero-order chi connectivity index (χ0) is 20.3. The lowest BCUT2D eigenvalue weighted by Gasteiger charge is -2.07. The fourth-order valence-corrected chi connectivity index (χ4v) is 3.86. The minimum Gasteiger partial charge on any atom is -0.482 e. The van der Waals surface area contributed by atoms with E-state index in [1.54, 1.807) is 28.8 Å². The molecule has 0 radical (unpaired) electrons. The van der Waals surface area contributed by atoms with Crippen LogP contribution in [0.5, 0.6) is 5.75 Å². The lowest BCUT2D eigenvalue weighted by Crippen LogP contribution is -2.20. The zero-order valence-electron chi connectivity index (χ0n) is 14.7. The number of anilines is 1. The Hall–Kier alpha value is -2.20. The number of rotatable bonds is 7. The number of aromatic nitrogens is 4. The Morgan fingerprint density at radius 3 is 3.04 bits per heavy atom. The first kappa shape index (κ1) is 20.5. The Balaban J connectivity index is 1.71. The highest BCUT2D eigenvalue weighted by Crippen LogP contribution is 2.32. The van der Waals surface area contributed by atoms with Gasteiger partial charge in [0.15, 0.2) is 22.3 Å². The molecular formula is C17H15Cl2N5O2S2. The molecule has 0 aliphatic heterocycles. The lowest BCUT2D eigenvalue weighted by atomic mass is 10.3. The highest BCUT2D eigenvalue weighted by atomic mass is 35.5. The van der Waals surface area contributed by atoms with Crippen LogP contribution in [-0.2, 0) is 11.3 Å². The molecule has 0 saturated heterocycles. The SMILES string of the molecule is C=CCn1c(-c2sc(NC(=O)COc3cc(Cl)ccc3Cl)nc2C)n[nH]c1=S. The molecule has 11 heteroatoms. The van der Waals surface area contributed by atoms with Crippen molar-refractivity contribution in [3.63, 3.8) is 0 Å². The number of allylic oxidation sites excluding steroid dienone is 1. The summed E-state index contributed by atoms with van der Waals surface area (Å²) in [5.74, 6) is 0.601. The number of nitrogens with zero attached hydrogens (tertiary/aromatic N) is 3. The van der Waals surface area contributed by atoms with Gasteiger partial charge < -0.3 is 4.74 Å². The van der Waals surface area contributed by atoms with Crippen molar-refractivity contribution in [2.75, 3.05) is 11.9 Å². The summed E-state index contributed by atoms with van der Waals surface area (Å²) in [6.45, 7) is 5.84. The van der Waals surface area contributed by atoms with E-state index >= 15 is 0 Å². The molecule has 146 valence electrons. The van der Waals surface area contributed by atoms with Crippen molar-refractivity contribution in [3.05, 3.63) is 51.4 Å². The van der Waals surface area contributed by atoms with Gasteiger partial charge in [0, 0.05) is 17.6 Å². The third kappa shape index (κ3) is 4.61. The Morgan fingerprint density at radius 2 is 2.29 bits per heavy atom. The van der Waals surface area contributed by atoms with Gasteiger partial charge in [0.05, 0.1) is 15.6 Å². The molecule has 0 bridgehead atoms. The number of amides is 1. The number of ether oxygens (including phenoxy) is 1. The van der Waals surface area contributed by atoms with Crippen LogP contribution in [0.2, 0.25) is 10.0 Å². The standard InChI is InChI=1S/C17H15Cl2N5O2S2/c1-3-6-24-15(22-23-17(24)27)14-9(2)20-16(28-14)21-13(25)8-26-12-7-10(18)4-5-11(12)19/h3-5,7H,1,6,8H2,2H3,(H,23,27)(H,20,21,25). The van der Waals surface area contributed by atoms with Crippen LogP contribution >= 0.6 is 46.8 Å². The molecule has 28 heavy (non-hydrogen) atoms.